The molecule has 0 saturated heterocycles. The lowest BCUT2D eigenvalue weighted by Crippen LogP contribution is -2.19. The van der Waals surface area contributed by atoms with Gasteiger partial charge in [0, 0.05) is 12.7 Å². The Balaban J connectivity index is 2.67. The van der Waals surface area contributed by atoms with Gasteiger partial charge in [-0.25, -0.2) is 8.42 Å². The SMILES string of the molecule is CCc1ccc(C(CCS(C)(=O)=O)NC)o1. The van der Waals surface area contributed by atoms with Crippen LogP contribution < -0.4 is 5.32 Å². The summed E-state index contributed by atoms with van der Waals surface area (Å²) in [5.74, 6) is 1.90. The second-order valence-electron chi connectivity index (χ2n) is 3.92. The first-order chi connectivity index (χ1) is 7.46. The molecule has 0 spiro atoms. The van der Waals surface area contributed by atoms with Crippen molar-refractivity contribution in [2.75, 3.05) is 19.1 Å². The molecule has 5 heteroatoms. The molecule has 1 aromatic rings. The van der Waals surface area contributed by atoms with Crippen LogP contribution in [0.25, 0.3) is 0 Å². The monoisotopic (exact) mass is 245 g/mol. The van der Waals surface area contributed by atoms with Crippen molar-refractivity contribution >= 4 is 9.84 Å². The van der Waals surface area contributed by atoms with E-state index in [1.165, 1.54) is 6.26 Å². The van der Waals surface area contributed by atoms with E-state index in [2.05, 4.69) is 5.32 Å². The molecule has 1 N–H and O–H groups in total. The molecule has 1 heterocycles. The van der Waals surface area contributed by atoms with Crippen molar-refractivity contribution < 1.29 is 12.8 Å². The summed E-state index contributed by atoms with van der Waals surface area (Å²) in [4.78, 5) is 0. The van der Waals surface area contributed by atoms with E-state index in [9.17, 15) is 8.42 Å². The largest absolute Gasteiger partial charge is 0.464 e. The van der Waals surface area contributed by atoms with Gasteiger partial charge in [-0.05, 0) is 25.6 Å². The number of nitrogens with one attached hydrogen (secondary N) is 1. The predicted octanol–water partition coefficient (Wildman–Crippen LogP) is 1.54. The smallest absolute Gasteiger partial charge is 0.147 e. The van der Waals surface area contributed by atoms with E-state index in [4.69, 9.17) is 4.42 Å². The van der Waals surface area contributed by atoms with Crippen LogP contribution in [0.4, 0.5) is 0 Å². The Kier molecular flexibility index (Phi) is 4.56. The predicted molar refractivity (Wildman–Crippen MR) is 64.2 cm³/mol. The van der Waals surface area contributed by atoms with Gasteiger partial charge in [0.2, 0.25) is 0 Å². The highest BCUT2D eigenvalue weighted by atomic mass is 32.2. The van der Waals surface area contributed by atoms with Gasteiger partial charge in [-0.15, -0.1) is 0 Å². The summed E-state index contributed by atoms with van der Waals surface area (Å²) in [5.41, 5.74) is 0. The molecule has 0 aliphatic rings. The van der Waals surface area contributed by atoms with Crippen LogP contribution >= 0.6 is 0 Å². The summed E-state index contributed by atoms with van der Waals surface area (Å²) in [7, 11) is -1.11. The summed E-state index contributed by atoms with van der Waals surface area (Å²) >= 11 is 0. The number of furan rings is 1. The maximum Gasteiger partial charge on any atom is 0.147 e. The minimum atomic E-state index is -2.92. The molecule has 16 heavy (non-hydrogen) atoms. The molecule has 1 rings (SSSR count). The van der Waals surface area contributed by atoms with Crippen molar-refractivity contribution in [3.8, 4) is 0 Å². The van der Waals surface area contributed by atoms with Gasteiger partial charge in [-0.1, -0.05) is 6.92 Å². The van der Waals surface area contributed by atoms with E-state index in [1.807, 2.05) is 19.1 Å². The lowest BCUT2D eigenvalue weighted by molar-refractivity contribution is 0.402. The third-order valence-corrected chi connectivity index (χ3v) is 3.48. The molecular formula is C11H19NO3S. The summed E-state index contributed by atoms with van der Waals surface area (Å²) in [6, 6.07) is 3.80. The van der Waals surface area contributed by atoms with Crippen LogP contribution in [0.15, 0.2) is 16.5 Å². The molecule has 92 valence electrons. The Morgan fingerprint density at radius 1 is 1.44 bits per heavy atom. The van der Waals surface area contributed by atoms with Crippen LogP contribution in [-0.2, 0) is 16.3 Å². The molecule has 4 nitrogen and oxygen atoms in total. The quantitative estimate of drug-likeness (QED) is 0.826. The molecule has 1 unspecified atom stereocenters. The Labute approximate surface area is 97.0 Å². The fourth-order valence-corrected chi connectivity index (χ4v) is 2.20. The van der Waals surface area contributed by atoms with Gasteiger partial charge in [-0.3, -0.25) is 0 Å². The zero-order valence-corrected chi connectivity index (χ0v) is 10.8. The van der Waals surface area contributed by atoms with Crippen molar-refractivity contribution in [1.29, 1.82) is 0 Å². The minimum absolute atomic E-state index is 0.0324. The van der Waals surface area contributed by atoms with Crippen molar-refractivity contribution in [3.63, 3.8) is 0 Å². The first-order valence-electron chi connectivity index (χ1n) is 5.40. The number of hydrogen-bond donors (Lipinski definition) is 1. The van der Waals surface area contributed by atoms with Gasteiger partial charge in [0.1, 0.15) is 21.4 Å². The summed E-state index contributed by atoms with van der Waals surface area (Å²) in [6.07, 6.45) is 2.63. The summed E-state index contributed by atoms with van der Waals surface area (Å²) in [6.45, 7) is 2.02. The highest BCUT2D eigenvalue weighted by Gasteiger charge is 2.15. The van der Waals surface area contributed by atoms with Crippen LogP contribution in [0.1, 0.15) is 30.9 Å². The molecule has 0 bridgehead atoms. The molecule has 1 aromatic heterocycles. The molecule has 1 atom stereocenters. The average Bonchev–Trinajstić information content (AvgIpc) is 2.65. The number of hydrogen-bond acceptors (Lipinski definition) is 4. The van der Waals surface area contributed by atoms with Crippen LogP contribution in [0.2, 0.25) is 0 Å². The molecule has 0 fully saturated rings. The fraction of sp³-hybridized carbons (Fsp3) is 0.636. The van der Waals surface area contributed by atoms with Crippen LogP contribution in [-0.4, -0.2) is 27.5 Å². The zero-order valence-electron chi connectivity index (χ0n) is 9.99. The third kappa shape index (κ3) is 3.98. The maximum absolute atomic E-state index is 11.1. The van der Waals surface area contributed by atoms with Crippen LogP contribution in [0.5, 0.6) is 0 Å². The Morgan fingerprint density at radius 2 is 2.12 bits per heavy atom. The first-order valence-corrected chi connectivity index (χ1v) is 7.46. The van der Waals surface area contributed by atoms with E-state index in [1.54, 1.807) is 7.05 Å². The van der Waals surface area contributed by atoms with E-state index in [0.29, 0.717) is 6.42 Å². The van der Waals surface area contributed by atoms with Gasteiger partial charge < -0.3 is 9.73 Å². The van der Waals surface area contributed by atoms with Crippen LogP contribution in [0.3, 0.4) is 0 Å². The van der Waals surface area contributed by atoms with Gasteiger partial charge in [0.25, 0.3) is 0 Å². The maximum atomic E-state index is 11.1. The molecule has 0 aliphatic heterocycles. The van der Waals surface area contributed by atoms with Crippen LogP contribution in [0, 0.1) is 0 Å². The van der Waals surface area contributed by atoms with E-state index < -0.39 is 9.84 Å². The van der Waals surface area contributed by atoms with Crippen molar-refractivity contribution in [1.82, 2.24) is 5.32 Å². The first kappa shape index (κ1) is 13.3. The van der Waals surface area contributed by atoms with E-state index >= 15 is 0 Å². The van der Waals surface area contributed by atoms with Crippen molar-refractivity contribution in [2.45, 2.75) is 25.8 Å². The average molecular weight is 245 g/mol. The Hall–Kier alpha value is -0.810. The molecule has 0 radical (unpaired) electrons. The third-order valence-electron chi connectivity index (χ3n) is 2.50. The molecule has 0 amide bonds. The molecule has 0 aliphatic carbocycles. The Bertz CT molecular complexity index is 422. The van der Waals surface area contributed by atoms with Gasteiger partial charge in [-0.2, -0.15) is 0 Å². The van der Waals surface area contributed by atoms with E-state index in [-0.39, 0.29) is 11.8 Å². The number of sulfone groups is 1. The van der Waals surface area contributed by atoms with Crippen molar-refractivity contribution in [2.24, 2.45) is 0 Å². The Morgan fingerprint density at radius 3 is 2.56 bits per heavy atom. The highest BCUT2D eigenvalue weighted by molar-refractivity contribution is 7.90. The molecular weight excluding hydrogens is 226 g/mol. The minimum Gasteiger partial charge on any atom is -0.464 e. The molecule has 0 saturated carbocycles. The summed E-state index contributed by atoms with van der Waals surface area (Å²) < 4.78 is 27.8. The standard InChI is InChI=1S/C11H19NO3S/c1-4-9-5-6-11(15-9)10(12-2)7-8-16(3,13)14/h5-6,10,12H,4,7-8H2,1-3H3. The number of rotatable bonds is 6. The topological polar surface area (TPSA) is 59.3 Å². The number of aryl methyl sites for hydroxylation is 1. The molecule has 0 aromatic carbocycles. The second-order valence-corrected chi connectivity index (χ2v) is 6.18. The lowest BCUT2D eigenvalue weighted by atomic mass is 10.2. The normalized spacial score (nSPS) is 13.9. The van der Waals surface area contributed by atoms with Gasteiger partial charge in [0.15, 0.2) is 0 Å². The second kappa shape index (κ2) is 5.50. The lowest BCUT2D eigenvalue weighted by Gasteiger charge is -2.12. The zero-order chi connectivity index (χ0) is 12.2. The van der Waals surface area contributed by atoms with E-state index in [0.717, 1.165) is 17.9 Å². The highest BCUT2D eigenvalue weighted by Crippen LogP contribution is 2.20. The summed E-state index contributed by atoms with van der Waals surface area (Å²) in [5, 5.41) is 3.07. The van der Waals surface area contributed by atoms with Crippen molar-refractivity contribution in [3.05, 3.63) is 23.7 Å². The van der Waals surface area contributed by atoms with Gasteiger partial charge in [0.05, 0.1) is 11.8 Å². The van der Waals surface area contributed by atoms with Gasteiger partial charge >= 0.3 is 0 Å². The fourth-order valence-electron chi connectivity index (χ4n) is 1.53.